The second-order valence-corrected chi connectivity index (χ2v) is 7.22. The van der Waals surface area contributed by atoms with Crippen molar-refractivity contribution in [2.24, 2.45) is 0 Å². The van der Waals surface area contributed by atoms with Gasteiger partial charge in [-0.15, -0.1) is 0 Å². The van der Waals surface area contributed by atoms with Crippen LogP contribution in [0.3, 0.4) is 0 Å². The van der Waals surface area contributed by atoms with Gasteiger partial charge in [-0.1, -0.05) is 12.1 Å². The SMILES string of the molecule is CCOc1ccc(CNC(=O)c2ccc(NC(C)=O)cc2N2CCCCC2)cc1. The normalized spacial score (nSPS) is 13.7. The topological polar surface area (TPSA) is 70.7 Å². The number of nitrogens with zero attached hydrogens (tertiary/aromatic N) is 1. The minimum atomic E-state index is -0.123. The Kier molecular flexibility index (Phi) is 7.11. The van der Waals surface area contributed by atoms with Gasteiger partial charge in [0, 0.05) is 32.2 Å². The Labute approximate surface area is 172 Å². The van der Waals surface area contributed by atoms with Crippen molar-refractivity contribution in [1.29, 1.82) is 0 Å². The number of carbonyl (C=O) groups excluding carboxylic acids is 2. The summed E-state index contributed by atoms with van der Waals surface area (Å²) in [6.45, 7) is 6.34. The summed E-state index contributed by atoms with van der Waals surface area (Å²) >= 11 is 0. The van der Waals surface area contributed by atoms with Crippen LogP contribution >= 0.6 is 0 Å². The second kappa shape index (κ2) is 9.96. The fourth-order valence-electron chi connectivity index (χ4n) is 3.55. The highest BCUT2D eigenvalue weighted by Gasteiger charge is 2.19. The van der Waals surface area contributed by atoms with E-state index in [1.807, 2.05) is 37.3 Å². The molecule has 0 aliphatic carbocycles. The molecule has 1 aliphatic heterocycles. The summed E-state index contributed by atoms with van der Waals surface area (Å²) in [6, 6.07) is 13.2. The lowest BCUT2D eigenvalue weighted by molar-refractivity contribution is -0.114. The average Bonchev–Trinajstić information content (AvgIpc) is 2.73. The Bertz CT molecular complexity index is 843. The maximum absolute atomic E-state index is 12.9. The highest BCUT2D eigenvalue weighted by atomic mass is 16.5. The first kappa shape index (κ1) is 20.7. The molecule has 2 amide bonds. The van der Waals surface area contributed by atoms with Crippen LogP contribution in [0.4, 0.5) is 11.4 Å². The van der Waals surface area contributed by atoms with Gasteiger partial charge in [-0.2, -0.15) is 0 Å². The van der Waals surface area contributed by atoms with Gasteiger partial charge in [-0.3, -0.25) is 9.59 Å². The van der Waals surface area contributed by atoms with Crippen molar-refractivity contribution < 1.29 is 14.3 Å². The third-order valence-electron chi connectivity index (χ3n) is 4.95. The van der Waals surface area contributed by atoms with Crippen molar-refractivity contribution in [2.75, 3.05) is 29.9 Å². The molecule has 0 bridgehead atoms. The van der Waals surface area contributed by atoms with Gasteiger partial charge in [-0.05, 0) is 62.1 Å². The molecular weight excluding hydrogens is 366 g/mol. The number of benzene rings is 2. The number of ether oxygens (including phenoxy) is 1. The van der Waals surface area contributed by atoms with Crippen LogP contribution in [-0.2, 0) is 11.3 Å². The number of carbonyl (C=O) groups is 2. The molecule has 6 heteroatoms. The van der Waals surface area contributed by atoms with E-state index in [0.29, 0.717) is 24.4 Å². The van der Waals surface area contributed by atoms with E-state index < -0.39 is 0 Å². The van der Waals surface area contributed by atoms with Gasteiger partial charge in [0.15, 0.2) is 0 Å². The molecule has 0 unspecified atom stereocenters. The number of rotatable bonds is 7. The summed E-state index contributed by atoms with van der Waals surface area (Å²) < 4.78 is 5.45. The molecule has 2 N–H and O–H groups in total. The lowest BCUT2D eigenvalue weighted by Crippen LogP contribution is -2.32. The van der Waals surface area contributed by atoms with Crippen LogP contribution in [0, 0.1) is 0 Å². The molecule has 0 aromatic heterocycles. The first-order chi connectivity index (χ1) is 14.1. The molecular formula is C23H29N3O3. The van der Waals surface area contributed by atoms with E-state index in [9.17, 15) is 9.59 Å². The van der Waals surface area contributed by atoms with Crippen molar-refractivity contribution in [3.8, 4) is 5.75 Å². The number of piperidine rings is 1. The highest BCUT2D eigenvalue weighted by Crippen LogP contribution is 2.28. The number of amides is 2. The second-order valence-electron chi connectivity index (χ2n) is 7.22. The van der Waals surface area contributed by atoms with Gasteiger partial charge < -0.3 is 20.3 Å². The predicted octanol–water partition coefficient (Wildman–Crippen LogP) is 3.96. The Morgan fingerprint density at radius 1 is 1.03 bits per heavy atom. The Hall–Kier alpha value is -3.02. The molecule has 1 fully saturated rings. The summed E-state index contributed by atoms with van der Waals surface area (Å²) in [6.07, 6.45) is 3.43. The molecule has 1 heterocycles. The van der Waals surface area contributed by atoms with Crippen LogP contribution in [0.15, 0.2) is 42.5 Å². The molecule has 29 heavy (non-hydrogen) atoms. The molecule has 154 valence electrons. The fourth-order valence-corrected chi connectivity index (χ4v) is 3.55. The molecule has 0 atom stereocenters. The Morgan fingerprint density at radius 3 is 2.41 bits per heavy atom. The Morgan fingerprint density at radius 2 is 1.76 bits per heavy atom. The summed E-state index contributed by atoms with van der Waals surface area (Å²) in [7, 11) is 0. The van der Waals surface area contributed by atoms with E-state index in [1.54, 1.807) is 12.1 Å². The number of hydrogen-bond donors (Lipinski definition) is 2. The molecule has 0 spiro atoms. The zero-order valence-corrected chi connectivity index (χ0v) is 17.2. The van der Waals surface area contributed by atoms with E-state index in [-0.39, 0.29) is 11.8 Å². The van der Waals surface area contributed by atoms with E-state index in [2.05, 4.69) is 15.5 Å². The Balaban J connectivity index is 1.74. The third-order valence-corrected chi connectivity index (χ3v) is 4.95. The van der Waals surface area contributed by atoms with Crippen LogP contribution in [0.25, 0.3) is 0 Å². The average molecular weight is 396 g/mol. The van der Waals surface area contributed by atoms with Gasteiger partial charge in [0.05, 0.1) is 17.9 Å². The van der Waals surface area contributed by atoms with Gasteiger partial charge in [0.1, 0.15) is 5.75 Å². The summed E-state index contributed by atoms with van der Waals surface area (Å²) in [4.78, 5) is 26.6. The third kappa shape index (κ3) is 5.73. The minimum absolute atomic E-state index is 0.117. The zero-order chi connectivity index (χ0) is 20.6. The molecule has 6 nitrogen and oxygen atoms in total. The predicted molar refractivity (Wildman–Crippen MR) is 116 cm³/mol. The summed E-state index contributed by atoms with van der Waals surface area (Å²) in [5.74, 6) is 0.583. The standard InChI is InChI=1S/C23H29N3O3/c1-3-29-20-10-7-18(8-11-20)16-24-23(28)21-12-9-19(25-17(2)27)15-22(21)26-13-5-4-6-14-26/h7-12,15H,3-6,13-14,16H2,1-2H3,(H,24,28)(H,25,27). The lowest BCUT2D eigenvalue weighted by Gasteiger charge is -2.30. The zero-order valence-electron chi connectivity index (χ0n) is 17.2. The van der Waals surface area contributed by atoms with Gasteiger partial charge in [0.25, 0.3) is 5.91 Å². The first-order valence-corrected chi connectivity index (χ1v) is 10.2. The maximum Gasteiger partial charge on any atom is 0.253 e. The monoisotopic (exact) mass is 395 g/mol. The number of anilines is 2. The maximum atomic E-state index is 12.9. The van der Waals surface area contributed by atoms with Crippen molar-refractivity contribution in [3.63, 3.8) is 0 Å². The molecule has 3 rings (SSSR count). The molecule has 0 saturated carbocycles. The van der Waals surface area contributed by atoms with E-state index in [0.717, 1.165) is 42.9 Å². The van der Waals surface area contributed by atoms with Crippen LogP contribution in [0.5, 0.6) is 5.75 Å². The van der Waals surface area contributed by atoms with Crippen LogP contribution in [-0.4, -0.2) is 31.5 Å². The van der Waals surface area contributed by atoms with Crippen molar-refractivity contribution in [2.45, 2.75) is 39.7 Å². The van der Waals surface area contributed by atoms with E-state index in [1.165, 1.54) is 13.3 Å². The summed E-state index contributed by atoms with van der Waals surface area (Å²) in [5, 5.41) is 5.83. The highest BCUT2D eigenvalue weighted by molar-refractivity contribution is 6.01. The van der Waals surface area contributed by atoms with Crippen LogP contribution < -0.4 is 20.3 Å². The van der Waals surface area contributed by atoms with Gasteiger partial charge in [0.2, 0.25) is 5.91 Å². The fraction of sp³-hybridized carbons (Fsp3) is 0.391. The van der Waals surface area contributed by atoms with Crippen molar-refractivity contribution >= 4 is 23.2 Å². The molecule has 0 radical (unpaired) electrons. The molecule has 1 aliphatic rings. The molecule has 1 saturated heterocycles. The van der Waals surface area contributed by atoms with Gasteiger partial charge >= 0.3 is 0 Å². The van der Waals surface area contributed by atoms with E-state index >= 15 is 0 Å². The van der Waals surface area contributed by atoms with Crippen LogP contribution in [0.2, 0.25) is 0 Å². The van der Waals surface area contributed by atoms with Gasteiger partial charge in [-0.25, -0.2) is 0 Å². The smallest absolute Gasteiger partial charge is 0.253 e. The largest absolute Gasteiger partial charge is 0.494 e. The quantitative estimate of drug-likeness (QED) is 0.744. The number of hydrogen-bond acceptors (Lipinski definition) is 4. The van der Waals surface area contributed by atoms with Crippen LogP contribution in [0.1, 0.15) is 49.0 Å². The van der Waals surface area contributed by atoms with Crippen molar-refractivity contribution in [1.82, 2.24) is 5.32 Å². The number of nitrogens with one attached hydrogen (secondary N) is 2. The van der Waals surface area contributed by atoms with E-state index in [4.69, 9.17) is 4.74 Å². The minimum Gasteiger partial charge on any atom is -0.494 e. The summed E-state index contributed by atoms with van der Waals surface area (Å²) in [5.41, 5.74) is 3.23. The molecule has 2 aromatic carbocycles. The van der Waals surface area contributed by atoms with Crippen molar-refractivity contribution in [3.05, 3.63) is 53.6 Å². The first-order valence-electron chi connectivity index (χ1n) is 10.2. The lowest BCUT2D eigenvalue weighted by atomic mass is 10.1. The molecule has 2 aromatic rings.